The molecule has 59 heavy (non-hydrogen) atoms. The van der Waals surface area contributed by atoms with Gasteiger partial charge in [-0.15, -0.1) is 0 Å². The topological polar surface area (TPSA) is 189 Å². The summed E-state index contributed by atoms with van der Waals surface area (Å²) in [6.07, 6.45) is 6.97. The highest BCUT2D eigenvalue weighted by atomic mass is 16.2. The molecule has 3 unspecified atom stereocenters. The minimum absolute atomic E-state index is 0.0477. The predicted molar refractivity (Wildman–Crippen MR) is 217 cm³/mol. The lowest BCUT2D eigenvalue weighted by molar-refractivity contribution is -0.136. The van der Waals surface area contributed by atoms with Crippen molar-refractivity contribution in [2.75, 3.05) is 18.4 Å². The Morgan fingerprint density at radius 1 is 0.915 bits per heavy atom. The Kier molecular flexibility index (Phi) is 9.73. The lowest BCUT2D eigenvalue weighted by Gasteiger charge is -2.28. The molecule has 0 radical (unpaired) electrons. The monoisotopic (exact) mass is 793 g/mol. The summed E-state index contributed by atoms with van der Waals surface area (Å²) in [5, 5.41) is 10.7. The van der Waals surface area contributed by atoms with Gasteiger partial charge < -0.3 is 20.1 Å². The Labute approximate surface area is 339 Å². The molecule has 5 aromatic rings. The molecule has 6 heterocycles. The third-order valence-electron chi connectivity index (χ3n) is 12.2. The van der Waals surface area contributed by atoms with Crippen molar-refractivity contribution in [1.82, 2.24) is 40.0 Å². The highest BCUT2D eigenvalue weighted by Crippen LogP contribution is 2.36. The maximum Gasteiger partial charge on any atom is 0.270 e. The Morgan fingerprint density at radius 2 is 1.75 bits per heavy atom. The van der Waals surface area contributed by atoms with E-state index in [0.29, 0.717) is 31.0 Å². The Bertz CT molecular complexity index is 2580. The molecule has 15 heteroatoms. The average Bonchev–Trinajstić information content (AvgIpc) is 3.93. The zero-order chi connectivity index (χ0) is 40.9. The highest BCUT2D eigenvalue weighted by Gasteiger charge is 2.45. The van der Waals surface area contributed by atoms with Gasteiger partial charge in [-0.25, -0.2) is 4.98 Å². The van der Waals surface area contributed by atoms with Crippen molar-refractivity contribution in [2.45, 2.75) is 77.5 Å². The van der Waals surface area contributed by atoms with Gasteiger partial charge in [0, 0.05) is 80.0 Å². The first-order valence-electron chi connectivity index (χ1n) is 20.2. The molecule has 2 aromatic carbocycles. The number of anilines is 1. The van der Waals surface area contributed by atoms with Gasteiger partial charge in [0.1, 0.15) is 17.6 Å². The van der Waals surface area contributed by atoms with Crippen LogP contribution in [0.5, 0.6) is 0 Å². The van der Waals surface area contributed by atoms with E-state index in [1.165, 1.54) is 0 Å². The van der Waals surface area contributed by atoms with Gasteiger partial charge in [0.2, 0.25) is 17.7 Å². The van der Waals surface area contributed by atoms with Crippen molar-refractivity contribution in [3.8, 4) is 22.5 Å². The molecule has 3 aliphatic heterocycles. The van der Waals surface area contributed by atoms with E-state index >= 15 is 0 Å². The molecule has 9 rings (SSSR count). The third-order valence-corrected chi connectivity index (χ3v) is 12.2. The van der Waals surface area contributed by atoms with Gasteiger partial charge in [-0.1, -0.05) is 37.6 Å². The number of rotatable bonds is 9. The van der Waals surface area contributed by atoms with Crippen LogP contribution in [0.25, 0.3) is 33.3 Å². The lowest BCUT2D eigenvalue weighted by Crippen LogP contribution is -2.54. The number of aryl methyl sites for hydroxylation is 1. The molecule has 6 amide bonds. The van der Waals surface area contributed by atoms with Crippen LogP contribution in [0.1, 0.15) is 88.7 Å². The molecule has 0 spiro atoms. The van der Waals surface area contributed by atoms with Gasteiger partial charge >= 0.3 is 0 Å². The normalized spacial score (nSPS) is 20.1. The van der Waals surface area contributed by atoms with Crippen LogP contribution in [0, 0.1) is 5.92 Å². The molecule has 3 N–H and O–H groups in total. The number of nitrogens with one attached hydrogen (secondary N) is 3. The van der Waals surface area contributed by atoms with E-state index in [4.69, 9.17) is 9.97 Å². The molecule has 0 bridgehead atoms. The van der Waals surface area contributed by atoms with Crippen LogP contribution in [0.2, 0.25) is 0 Å². The summed E-state index contributed by atoms with van der Waals surface area (Å²) in [6.45, 7) is 6.04. The number of carbonyl (C=O) groups is 6. The van der Waals surface area contributed by atoms with Crippen molar-refractivity contribution in [1.29, 1.82) is 0 Å². The largest absolute Gasteiger partial charge is 0.384 e. The van der Waals surface area contributed by atoms with Crippen molar-refractivity contribution in [3.63, 3.8) is 0 Å². The Hall–Kier alpha value is -6.77. The van der Waals surface area contributed by atoms with Gasteiger partial charge in [0.15, 0.2) is 0 Å². The number of carbonyl (C=O) groups excluding carboxylic acids is 6. The van der Waals surface area contributed by atoms with Crippen molar-refractivity contribution in [2.24, 2.45) is 5.92 Å². The van der Waals surface area contributed by atoms with Crippen LogP contribution < -0.4 is 16.0 Å². The number of imide groups is 2. The second-order valence-corrected chi connectivity index (χ2v) is 15.6. The third kappa shape index (κ3) is 6.79. The predicted octanol–water partition coefficient (Wildman–Crippen LogP) is 4.50. The maximum atomic E-state index is 13.6. The summed E-state index contributed by atoms with van der Waals surface area (Å²) < 4.78 is 2.24. The number of benzene rings is 2. The molecular formula is C44H43N9O6. The minimum Gasteiger partial charge on any atom is -0.384 e. The van der Waals surface area contributed by atoms with Crippen LogP contribution >= 0.6 is 0 Å². The fourth-order valence-electron chi connectivity index (χ4n) is 9.03. The van der Waals surface area contributed by atoms with Crippen LogP contribution in [0.3, 0.4) is 0 Å². The van der Waals surface area contributed by atoms with E-state index in [-0.39, 0.29) is 53.4 Å². The number of hydrogen-bond donors (Lipinski definition) is 3. The van der Waals surface area contributed by atoms with E-state index in [1.807, 2.05) is 35.4 Å². The lowest BCUT2D eigenvalue weighted by atomic mass is 10.0. The molecular weight excluding hydrogens is 751 g/mol. The summed E-state index contributed by atoms with van der Waals surface area (Å²) in [5.74, 6) is -1.40. The van der Waals surface area contributed by atoms with E-state index in [0.717, 1.165) is 76.2 Å². The molecule has 1 saturated heterocycles. The summed E-state index contributed by atoms with van der Waals surface area (Å²) in [4.78, 5) is 94.0. The van der Waals surface area contributed by atoms with Crippen LogP contribution in [0.15, 0.2) is 67.0 Å². The quantitative estimate of drug-likeness (QED) is 0.179. The van der Waals surface area contributed by atoms with Gasteiger partial charge in [-0.2, -0.15) is 0 Å². The highest BCUT2D eigenvalue weighted by molar-refractivity contribution is 6.25. The number of amides is 6. The van der Waals surface area contributed by atoms with Gasteiger partial charge in [0.05, 0.1) is 34.8 Å². The minimum atomic E-state index is -1.04. The van der Waals surface area contributed by atoms with Crippen LogP contribution in [-0.4, -0.2) is 89.9 Å². The molecule has 300 valence electrons. The number of pyridine rings is 2. The zero-order valence-electron chi connectivity index (χ0n) is 32.8. The molecule has 15 nitrogen and oxygen atoms in total. The number of nitrogens with zero attached hydrogens (tertiary/aromatic N) is 6. The van der Waals surface area contributed by atoms with Crippen LogP contribution in [0.4, 0.5) is 5.69 Å². The first-order chi connectivity index (χ1) is 28.6. The average molecular weight is 794 g/mol. The molecule has 3 aromatic heterocycles. The van der Waals surface area contributed by atoms with Gasteiger partial charge in [0.25, 0.3) is 17.7 Å². The fourth-order valence-corrected chi connectivity index (χ4v) is 9.03. The summed E-state index contributed by atoms with van der Waals surface area (Å²) >= 11 is 0. The van der Waals surface area contributed by atoms with Crippen molar-refractivity contribution in [3.05, 3.63) is 95.3 Å². The second kappa shape index (κ2) is 15.2. The summed E-state index contributed by atoms with van der Waals surface area (Å²) in [5.41, 5.74) is 5.53. The molecule has 1 aliphatic carbocycles. The van der Waals surface area contributed by atoms with Crippen LogP contribution in [-0.2, 0) is 33.9 Å². The number of piperidine rings is 1. The molecule has 3 atom stereocenters. The number of hydrogen-bond acceptors (Lipinski definition) is 10. The Morgan fingerprint density at radius 3 is 2.53 bits per heavy atom. The number of imidazole rings is 1. The fraction of sp³-hybridized carbons (Fsp3) is 0.341. The smallest absolute Gasteiger partial charge is 0.270 e. The maximum absolute atomic E-state index is 13.6. The summed E-state index contributed by atoms with van der Waals surface area (Å²) in [7, 11) is 0. The van der Waals surface area contributed by atoms with Gasteiger partial charge in [-0.3, -0.25) is 49.0 Å². The van der Waals surface area contributed by atoms with Gasteiger partial charge in [-0.05, 0) is 60.9 Å². The van der Waals surface area contributed by atoms with Crippen molar-refractivity contribution >= 4 is 51.9 Å². The first-order valence-corrected chi connectivity index (χ1v) is 20.2. The SMILES string of the molecule is CCc1nc(-c2cccc3cc(-c4ccc(C(=O)NC5CCCC5CNc5cccc6c5C(=O)N(C5CCC(=O)NC5=O)C6=O)nc4)ncc23)c2n1CCN(C(C)=O)C2. The molecule has 1 saturated carbocycles. The zero-order valence-corrected chi connectivity index (χ0v) is 32.8. The molecule has 2 fully saturated rings. The molecule has 4 aliphatic rings. The van der Waals surface area contributed by atoms with E-state index < -0.39 is 29.7 Å². The first kappa shape index (κ1) is 37.8. The number of aromatic nitrogens is 4. The van der Waals surface area contributed by atoms with E-state index in [2.05, 4.69) is 38.5 Å². The van der Waals surface area contributed by atoms with Crippen molar-refractivity contribution < 1.29 is 28.8 Å². The number of fused-ring (bicyclic) bond motifs is 3. The van der Waals surface area contributed by atoms with E-state index in [9.17, 15) is 28.8 Å². The Balaban J connectivity index is 0.867. The van der Waals surface area contributed by atoms with E-state index in [1.54, 1.807) is 37.4 Å². The second-order valence-electron chi connectivity index (χ2n) is 15.6. The standard InChI is InChI=1S/C44H43N9O6/c1-3-37-49-40(36-23-51(24(2)54)17-18-52(36)37)28-9-4-7-25-19-34(47-22-30(25)28)27-13-14-33(46-21-27)41(56)48-31-11-5-8-26(31)20-45-32-12-6-10-29-39(32)44(59)53(43(29)58)35-15-16-38(55)50-42(35)57/h4,6-7,9-10,12-14,19,21-22,26,31,35,45H,3,5,8,11,15-18,20,23H2,1-2H3,(H,48,56)(H,50,55,57). The summed E-state index contributed by atoms with van der Waals surface area (Å²) in [6, 6.07) is 15.4.